The lowest BCUT2D eigenvalue weighted by atomic mass is 10.1. The molecule has 0 spiro atoms. The van der Waals surface area contributed by atoms with E-state index in [2.05, 4.69) is 5.32 Å². The molecule has 1 saturated heterocycles. The number of thioether (sulfide) groups is 1. The normalized spacial score (nSPS) is 16.8. The molecule has 2 heterocycles. The molecule has 2 aliphatic heterocycles. The molecule has 0 unspecified atom stereocenters. The van der Waals surface area contributed by atoms with Crippen LogP contribution in [0.4, 0.5) is 11.4 Å². The van der Waals surface area contributed by atoms with Crippen molar-refractivity contribution < 1.29 is 19.1 Å². The van der Waals surface area contributed by atoms with Gasteiger partial charge in [0.05, 0.1) is 23.3 Å². The number of benzene rings is 3. The maximum atomic E-state index is 13.6. The third kappa shape index (κ3) is 5.00. The lowest BCUT2D eigenvalue weighted by molar-refractivity contribution is -0.122. The van der Waals surface area contributed by atoms with Gasteiger partial charge in [-0.3, -0.25) is 24.2 Å². The van der Waals surface area contributed by atoms with Crippen LogP contribution in [0.25, 0.3) is 5.57 Å². The Bertz CT molecular complexity index is 1420. The molecule has 37 heavy (non-hydrogen) atoms. The minimum atomic E-state index is -0.394. The van der Waals surface area contributed by atoms with Crippen molar-refractivity contribution in [1.29, 1.82) is 0 Å². The van der Waals surface area contributed by atoms with Crippen LogP contribution in [-0.2, 0) is 20.8 Å². The van der Waals surface area contributed by atoms with E-state index in [4.69, 9.17) is 17.0 Å². The van der Waals surface area contributed by atoms with Gasteiger partial charge in [-0.1, -0.05) is 72.5 Å². The predicted octanol–water partition coefficient (Wildman–Crippen LogP) is 4.49. The topological polar surface area (TPSA) is 79.0 Å². The lowest BCUT2D eigenvalue weighted by Gasteiger charge is -2.17. The van der Waals surface area contributed by atoms with Gasteiger partial charge in [-0.2, -0.15) is 0 Å². The van der Waals surface area contributed by atoms with Crippen molar-refractivity contribution in [3.63, 3.8) is 0 Å². The Labute approximate surface area is 224 Å². The molecule has 0 saturated carbocycles. The zero-order valence-corrected chi connectivity index (χ0v) is 21.6. The van der Waals surface area contributed by atoms with Gasteiger partial charge in [0.25, 0.3) is 11.8 Å². The van der Waals surface area contributed by atoms with Crippen LogP contribution in [0.1, 0.15) is 11.1 Å². The minimum Gasteiger partial charge on any atom is -0.497 e. The minimum absolute atomic E-state index is 0.195. The zero-order chi connectivity index (χ0) is 25.9. The number of amides is 3. The van der Waals surface area contributed by atoms with E-state index in [-0.39, 0.29) is 23.9 Å². The lowest BCUT2D eigenvalue weighted by Crippen LogP contribution is -2.35. The summed E-state index contributed by atoms with van der Waals surface area (Å²) in [7, 11) is 1.57. The fourth-order valence-electron chi connectivity index (χ4n) is 4.30. The van der Waals surface area contributed by atoms with Crippen LogP contribution < -0.4 is 15.0 Å². The van der Waals surface area contributed by atoms with Crippen molar-refractivity contribution in [2.75, 3.05) is 30.4 Å². The van der Waals surface area contributed by atoms with Gasteiger partial charge in [0.2, 0.25) is 5.91 Å². The molecule has 5 rings (SSSR count). The van der Waals surface area contributed by atoms with Gasteiger partial charge < -0.3 is 10.1 Å². The largest absolute Gasteiger partial charge is 0.497 e. The molecule has 0 atom stereocenters. The van der Waals surface area contributed by atoms with Gasteiger partial charge >= 0.3 is 0 Å². The van der Waals surface area contributed by atoms with Crippen molar-refractivity contribution in [3.8, 4) is 5.75 Å². The molecule has 3 aromatic rings. The van der Waals surface area contributed by atoms with E-state index >= 15 is 0 Å². The highest BCUT2D eigenvalue weighted by Crippen LogP contribution is 2.44. The zero-order valence-electron chi connectivity index (χ0n) is 20.0. The first-order chi connectivity index (χ1) is 18.0. The third-order valence-electron chi connectivity index (χ3n) is 6.14. The Morgan fingerprint density at radius 2 is 1.62 bits per heavy atom. The second-order valence-electron chi connectivity index (χ2n) is 8.45. The van der Waals surface area contributed by atoms with E-state index in [0.717, 1.165) is 17.3 Å². The molecule has 2 aliphatic rings. The number of ether oxygens (including phenoxy) is 1. The number of anilines is 2. The molecule has 1 fully saturated rings. The van der Waals surface area contributed by atoms with Gasteiger partial charge in [-0.25, -0.2) is 0 Å². The van der Waals surface area contributed by atoms with Crippen LogP contribution in [0.2, 0.25) is 0 Å². The van der Waals surface area contributed by atoms with E-state index in [1.807, 2.05) is 36.4 Å². The number of thiocarbonyl (C=S) groups is 1. The molecule has 3 aromatic carbocycles. The molecule has 0 aliphatic carbocycles. The number of hydrogen-bond donors (Lipinski definition) is 1. The summed E-state index contributed by atoms with van der Waals surface area (Å²) in [4.78, 5) is 43.1. The van der Waals surface area contributed by atoms with Crippen molar-refractivity contribution >= 4 is 63.0 Å². The summed E-state index contributed by atoms with van der Waals surface area (Å²) in [6.45, 7) is 0.231. The molecule has 3 amide bonds. The highest BCUT2D eigenvalue weighted by Gasteiger charge is 2.42. The number of nitrogens with zero attached hydrogens (tertiary/aromatic N) is 2. The van der Waals surface area contributed by atoms with Gasteiger partial charge in [-0.05, 0) is 42.3 Å². The number of carbonyl (C=O) groups excluding carboxylic acids is 3. The average Bonchev–Trinajstić information content (AvgIpc) is 3.35. The van der Waals surface area contributed by atoms with Crippen molar-refractivity contribution in [1.82, 2.24) is 4.90 Å². The Morgan fingerprint density at radius 1 is 0.919 bits per heavy atom. The van der Waals surface area contributed by atoms with Crippen LogP contribution in [-0.4, -0.2) is 47.1 Å². The maximum Gasteiger partial charge on any atom is 0.267 e. The van der Waals surface area contributed by atoms with Crippen LogP contribution in [0, 0.1) is 0 Å². The first kappa shape index (κ1) is 24.7. The van der Waals surface area contributed by atoms with Gasteiger partial charge in [0.1, 0.15) is 16.6 Å². The Balaban J connectivity index is 1.37. The Kier molecular flexibility index (Phi) is 7.07. The van der Waals surface area contributed by atoms with E-state index in [1.54, 1.807) is 54.5 Å². The average molecular weight is 530 g/mol. The fraction of sp³-hybridized carbons (Fsp3) is 0.143. The number of rotatable bonds is 7. The number of fused-ring (bicyclic) bond motifs is 1. The van der Waals surface area contributed by atoms with Gasteiger partial charge in [-0.15, -0.1) is 0 Å². The van der Waals surface area contributed by atoms with E-state index in [9.17, 15) is 14.4 Å². The van der Waals surface area contributed by atoms with E-state index in [0.29, 0.717) is 44.9 Å². The standard InChI is InChI=1S/C28H23N3O4S2/c1-35-20-13-11-19(12-14-20)29-23(32)17-31-22-10-6-5-9-21(22)24(26(31)33)25-27(34)30(28(36)37-25)16-15-18-7-3-2-4-8-18/h2-14H,15-17H2,1H3,(H,29,32)/b25-24+. The molecular weight excluding hydrogens is 506 g/mol. The molecule has 7 nitrogen and oxygen atoms in total. The second-order valence-corrected chi connectivity index (χ2v) is 10.1. The van der Waals surface area contributed by atoms with Crippen LogP contribution in [0.15, 0.2) is 83.8 Å². The maximum absolute atomic E-state index is 13.6. The van der Waals surface area contributed by atoms with Crippen molar-refractivity contribution in [2.45, 2.75) is 6.42 Å². The first-order valence-electron chi connectivity index (χ1n) is 11.6. The number of methoxy groups -OCH3 is 1. The predicted molar refractivity (Wildman–Crippen MR) is 149 cm³/mol. The summed E-state index contributed by atoms with van der Waals surface area (Å²) in [6, 6.07) is 24.0. The molecule has 186 valence electrons. The van der Waals surface area contributed by atoms with Crippen molar-refractivity contribution in [2.24, 2.45) is 0 Å². The number of hydrogen-bond acceptors (Lipinski definition) is 6. The highest BCUT2D eigenvalue weighted by atomic mass is 32.2. The van der Waals surface area contributed by atoms with E-state index < -0.39 is 5.91 Å². The van der Waals surface area contributed by atoms with E-state index in [1.165, 1.54) is 4.90 Å². The molecule has 1 N–H and O–H groups in total. The molecule has 9 heteroatoms. The SMILES string of the molecule is COc1ccc(NC(=O)CN2C(=O)/C(=C3/SC(=S)N(CCc4ccccc4)C3=O)c3ccccc32)cc1. The summed E-state index contributed by atoms with van der Waals surface area (Å²) in [6.07, 6.45) is 0.651. The number of para-hydroxylation sites is 1. The fourth-order valence-corrected chi connectivity index (χ4v) is 5.68. The van der Waals surface area contributed by atoms with Gasteiger partial charge in [0.15, 0.2) is 0 Å². The molecule has 0 radical (unpaired) electrons. The summed E-state index contributed by atoms with van der Waals surface area (Å²) in [5.74, 6) is -0.361. The monoisotopic (exact) mass is 529 g/mol. The van der Waals surface area contributed by atoms with Crippen LogP contribution in [0.3, 0.4) is 0 Å². The van der Waals surface area contributed by atoms with Gasteiger partial charge in [0, 0.05) is 17.8 Å². The Morgan fingerprint density at radius 3 is 2.35 bits per heavy atom. The highest BCUT2D eigenvalue weighted by molar-refractivity contribution is 8.26. The van der Waals surface area contributed by atoms with Crippen LogP contribution >= 0.6 is 24.0 Å². The summed E-state index contributed by atoms with van der Waals surface area (Å²) in [5, 5.41) is 2.81. The quantitative estimate of drug-likeness (QED) is 0.359. The smallest absolute Gasteiger partial charge is 0.267 e. The summed E-state index contributed by atoms with van der Waals surface area (Å²) < 4.78 is 5.56. The number of carbonyl (C=O) groups is 3. The Hall–Kier alpha value is -3.95. The molecule has 0 bridgehead atoms. The molecular formula is C28H23N3O4S2. The van der Waals surface area contributed by atoms with Crippen LogP contribution in [0.5, 0.6) is 5.75 Å². The summed E-state index contributed by atoms with van der Waals surface area (Å²) in [5.41, 5.74) is 3.17. The number of nitrogens with one attached hydrogen (secondary N) is 1. The third-order valence-corrected chi connectivity index (χ3v) is 7.59. The van der Waals surface area contributed by atoms with Crippen molar-refractivity contribution in [3.05, 3.63) is 94.9 Å². The molecule has 0 aromatic heterocycles. The summed E-state index contributed by atoms with van der Waals surface area (Å²) >= 11 is 6.64. The second kappa shape index (κ2) is 10.6. The first-order valence-corrected chi connectivity index (χ1v) is 12.9.